The van der Waals surface area contributed by atoms with Gasteiger partial charge in [-0.1, -0.05) is 33.1 Å². The van der Waals surface area contributed by atoms with Gasteiger partial charge in [0.25, 0.3) is 0 Å². The van der Waals surface area contributed by atoms with E-state index in [-0.39, 0.29) is 0 Å². The van der Waals surface area contributed by atoms with Crippen molar-refractivity contribution in [3.63, 3.8) is 0 Å². The SMILES string of the molecule is CO[Si](CC(C)C)(OC)C1C2CCCCC2CCN1C. The average Bonchev–Trinajstić information content (AvgIpc) is 2.45. The maximum atomic E-state index is 6.13. The predicted molar refractivity (Wildman–Crippen MR) is 85.9 cm³/mol. The van der Waals surface area contributed by atoms with Gasteiger partial charge in [0.05, 0.1) is 5.67 Å². The number of hydrogen-bond acceptors (Lipinski definition) is 3. The van der Waals surface area contributed by atoms with Crippen LogP contribution in [0.5, 0.6) is 0 Å². The maximum absolute atomic E-state index is 6.13. The molecule has 0 aromatic rings. The lowest BCUT2D eigenvalue weighted by molar-refractivity contribution is 0.0450. The van der Waals surface area contributed by atoms with E-state index in [2.05, 4.69) is 25.8 Å². The van der Waals surface area contributed by atoms with Crippen LogP contribution >= 0.6 is 0 Å². The molecule has 4 heteroatoms. The fourth-order valence-electron chi connectivity index (χ4n) is 4.69. The Hall–Kier alpha value is 0.0969. The molecule has 118 valence electrons. The second-order valence-corrected chi connectivity index (χ2v) is 10.7. The van der Waals surface area contributed by atoms with Crippen LogP contribution in [-0.4, -0.2) is 46.9 Å². The van der Waals surface area contributed by atoms with E-state index in [1.165, 1.54) is 38.6 Å². The topological polar surface area (TPSA) is 21.7 Å². The zero-order valence-electron chi connectivity index (χ0n) is 14.0. The molecule has 0 radical (unpaired) electrons. The highest BCUT2D eigenvalue weighted by Crippen LogP contribution is 2.44. The molecule has 2 fully saturated rings. The molecule has 1 aliphatic carbocycles. The monoisotopic (exact) mass is 299 g/mol. The number of nitrogens with zero attached hydrogens (tertiary/aromatic N) is 1. The van der Waals surface area contributed by atoms with Gasteiger partial charge >= 0.3 is 8.56 Å². The quantitative estimate of drug-likeness (QED) is 0.726. The molecule has 2 aliphatic rings. The Morgan fingerprint density at radius 2 is 1.75 bits per heavy atom. The van der Waals surface area contributed by atoms with E-state index < -0.39 is 8.56 Å². The third kappa shape index (κ3) is 3.13. The third-order valence-corrected chi connectivity index (χ3v) is 10.1. The van der Waals surface area contributed by atoms with Crippen LogP contribution in [0.15, 0.2) is 0 Å². The van der Waals surface area contributed by atoms with E-state index in [4.69, 9.17) is 8.85 Å². The Bertz CT molecular complexity index is 307. The normalized spacial score (nSPS) is 32.4. The summed E-state index contributed by atoms with van der Waals surface area (Å²) in [4.78, 5) is 2.56. The summed E-state index contributed by atoms with van der Waals surface area (Å²) in [5.41, 5.74) is 0.541. The van der Waals surface area contributed by atoms with Gasteiger partial charge in [-0.15, -0.1) is 0 Å². The van der Waals surface area contributed by atoms with Crippen LogP contribution in [-0.2, 0) is 8.85 Å². The van der Waals surface area contributed by atoms with Crippen molar-refractivity contribution in [2.75, 3.05) is 27.8 Å². The fourth-order valence-corrected chi connectivity index (χ4v) is 8.94. The molecular formula is C16H33NO2Si. The van der Waals surface area contributed by atoms with Gasteiger partial charge in [-0.2, -0.15) is 0 Å². The van der Waals surface area contributed by atoms with Crippen molar-refractivity contribution >= 4 is 8.56 Å². The Morgan fingerprint density at radius 1 is 1.10 bits per heavy atom. The summed E-state index contributed by atoms with van der Waals surface area (Å²) in [6.45, 7) is 5.80. The number of hydrogen-bond donors (Lipinski definition) is 0. The largest absolute Gasteiger partial charge is 0.397 e. The number of fused-ring (bicyclic) bond motifs is 1. The lowest BCUT2D eigenvalue weighted by Gasteiger charge is -2.52. The molecule has 3 nitrogen and oxygen atoms in total. The first-order valence-electron chi connectivity index (χ1n) is 8.34. The molecule has 1 aliphatic heterocycles. The second-order valence-electron chi connectivity index (χ2n) is 7.24. The van der Waals surface area contributed by atoms with Crippen LogP contribution in [0.25, 0.3) is 0 Å². The summed E-state index contributed by atoms with van der Waals surface area (Å²) in [6.07, 6.45) is 6.99. The van der Waals surface area contributed by atoms with Crippen molar-refractivity contribution in [2.45, 2.75) is 57.7 Å². The molecule has 1 saturated carbocycles. The van der Waals surface area contributed by atoms with E-state index in [0.717, 1.165) is 17.9 Å². The molecular weight excluding hydrogens is 266 g/mol. The van der Waals surface area contributed by atoms with E-state index in [9.17, 15) is 0 Å². The minimum atomic E-state index is -2.15. The van der Waals surface area contributed by atoms with Crippen molar-refractivity contribution in [1.29, 1.82) is 0 Å². The maximum Gasteiger partial charge on any atom is 0.355 e. The first-order chi connectivity index (χ1) is 9.54. The fraction of sp³-hybridized carbons (Fsp3) is 1.00. The van der Waals surface area contributed by atoms with Crippen molar-refractivity contribution in [1.82, 2.24) is 4.90 Å². The van der Waals surface area contributed by atoms with Gasteiger partial charge < -0.3 is 13.8 Å². The third-order valence-electron chi connectivity index (χ3n) is 5.54. The van der Waals surface area contributed by atoms with Gasteiger partial charge in [0.1, 0.15) is 0 Å². The lowest BCUT2D eigenvalue weighted by atomic mass is 9.75. The minimum Gasteiger partial charge on any atom is -0.397 e. The highest BCUT2D eigenvalue weighted by molar-refractivity contribution is 6.69. The van der Waals surface area contributed by atoms with E-state index in [1.807, 2.05) is 14.2 Å². The molecule has 3 atom stereocenters. The zero-order valence-corrected chi connectivity index (χ0v) is 15.0. The van der Waals surface area contributed by atoms with Crippen molar-refractivity contribution in [2.24, 2.45) is 17.8 Å². The van der Waals surface area contributed by atoms with Gasteiger partial charge in [0.2, 0.25) is 0 Å². The Balaban J connectivity index is 2.27. The van der Waals surface area contributed by atoms with Crippen LogP contribution in [0.3, 0.4) is 0 Å². The number of piperidine rings is 1. The van der Waals surface area contributed by atoms with Crippen LogP contribution in [0.2, 0.25) is 6.04 Å². The van der Waals surface area contributed by atoms with Gasteiger partial charge in [0.15, 0.2) is 0 Å². The lowest BCUT2D eigenvalue weighted by Crippen LogP contribution is -2.66. The molecule has 2 rings (SSSR count). The smallest absolute Gasteiger partial charge is 0.355 e. The zero-order chi connectivity index (χ0) is 14.8. The van der Waals surface area contributed by atoms with Crippen LogP contribution in [0, 0.1) is 17.8 Å². The molecule has 0 amide bonds. The Labute approximate surface area is 126 Å². The van der Waals surface area contributed by atoms with Crippen molar-refractivity contribution in [3.05, 3.63) is 0 Å². The van der Waals surface area contributed by atoms with Crippen LogP contribution in [0.4, 0.5) is 0 Å². The first kappa shape index (κ1) is 16.5. The van der Waals surface area contributed by atoms with Crippen LogP contribution < -0.4 is 0 Å². The standard InChI is InChI=1S/C16H33NO2Si/c1-13(2)12-20(18-4,19-5)16-15-9-7-6-8-14(15)10-11-17(16)3/h13-16H,6-12H2,1-5H3. The van der Waals surface area contributed by atoms with Crippen molar-refractivity contribution < 1.29 is 8.85 Å². The average molecular weight is 300 g/mol. The van der Waals surface area contributed by atoms with Gasteiger partial charge in [-0.3, -0.25) is 0 Å². The molecule has 0 N–H and O–H groups in total. The van der Waals surface area contributed by atoms with Crippen LogP contribution in [0.1, 0.15) is 46.0 Å². The molecule has 3 unspecified atom stereocenters. The highest BCUT2D eigenvalue weighted by Gasteiger charge is 2.54. The summed E-state index contributed by atoms with van der Waals surface area (Å²) in [5.74, 6) is 2.35. The molecule has 1 saturated heterocycles. The van der Waals surface area contributed by atoms with Gasteiger partial charge in [0, 0.05) is 14.2 Å². The molecule has 1 heterocycles. The van der Waals surface area contributed by atoms with E-state index >= 15 is 0 Å². The Morgan fingerprint density at radius 3 is 2.35 bits per heavy atom. The summed E-state index contributed by atoms with van der Waals surface area (Å²) in [6, 6.07) is 1.11. The van der Waals surface area contributed by atoms with Gasteiger partial charge in [-0.25, -0.2) is 0 Å². The number of rotatable bonds is 5. The molecule has 20 heavy (non-hydrogen) atoms. The van der Waals surface area contributed by atoms with E-state index in [1.54, 1.807) is 0 Å². The summed E-state index contributed by atoms with van der Waals surface area (Å²) in [7, 11) is 3.91. The first-order valence-corrected chi connectivity index (χ1v) is 10.4. The molecule has 0 spiro atoms. The Kier molecular flexibility index (Phi) is 5.68. The second kappa shape index (κ2) is 6.90. The highest BCUT2D eigenvalue weighted by atomic mass is 28.4. The predicted octanol–water partition coefficient (Wildman–Crippen LogP) is 3.43. The minimum absolute atomic E-state index is 0.541. The summed E-state index contributed by atoms with van der Waals surface area (Å²) < 4.78 is 12.3. The van der Waals surface area contributed by atoms with E-state index in [0.29, 0.717) is 11.6 Å². The number of likely N-dealkylation sites (tertiary alicyclic amines) is 1. The molecule has 0 aromatic carbocycles. The van der Waals surface area contributed by atoms with Gasteiger partial charge in [-0.05, 0) is 50.2 Å². The molecule has 0 aromatic heterocycles. The summed E-state index contributed by atoms with van der Waals surface area (Å²) in [5, 5.41) is 0. The summed E-state index contributed by atoms with van der Waals surface area (Å²) >= 11 is 0. The molecule has 0 bridgehead atoms. The van der Waals surface area contributed by atoms with Crippen molar-refractivity contribution in [3.8, 4) is 0 Å².